The third-order valence-corrected chi connectivity index (χ3v) is 6.53. The molecule has 0 heterocycles. The van der Waals surface area contributed by atoms with Gasteiger partial charge in [0.25, 0.3) is 0 Å². The molecule has 5 N–H and O–H groups in total. The van der Waals surface area contributed by atoms with E-state index in [4.69, 9.17) is 10.9 Å². The summed E-state index contributed by atoms with van der Waals surface area (Å²) < 4.78 is 23.0. The lowest BCUT2D eigenvalue weighted by atomic mass is 9.88. The Hall–Kier alpha value is -0.920. The molecule has 21 heavy (non-hydrogen) atoms. The van der Waals surface area contributed by atoms with Gasteiger partial charge in [-0.05, 0) is 37.3 Å². The zero-order valence-corrected chi connectivity index (χ0v) is 13.9. The minimum absolute atomic E-state index is 0.0229. The number of sulfonamides is 1. The Morgan fingerprint density at radius 3 is 2.48 bits per heavy atom. The molecule has 1 aliphatic rings. The van der Waals surface area contributed by atoms with Crippen LogP contribution >= 0.6 is 11.8 Å². The van der Waals surface area contributed by atoms with Gasteiger partial charge in [-0.1, -0.05) is 19.3 Å². The maximum absolute atomic E-state index is 11.3. The molecule has 0 atom stereocenters. The van der Waals surface area contributed by atoms with Gasteiger partial charge in [-0.25, -0.2) is 13.6 Å². The predicted octanol–water partition coefficient (Wildman–Crippen LogP) is 2.39. The molecule has 0 unspecified atom stereocenters. The Bertz CT molecular complexity index is 596. The number of nitrogens with two attached hydrogens (primary N) is 2. The molecule has 1 aromatic rings. The van der Waals surface area contributed by atoms with Gasteiger partial charge in [-0.3, -0.25) is 0 Å². The van der Waals surface area contributed by atoms with E-state index in [0.29, 0.717) is 0 Å². The molecule has 0 saturated heterocycles. The molecule has 0 bridgehead atoms. The lowest BCUT2D eigenvalue weighted by Gasteiger charge is -2.36. The molecule has 5 nitrogen and oxygen atoms in total. The van der Waals surface area contributed by atoms with E-state index < -0.39 is 10.0 Å². The molecule has 2 rings (SSSR count). The van der Waals surface area contributed by atoms with Gasteiger partial charge >= 0.3 is 0 Å². The second kappa shape index (κ2) is 6.46. The quantitative estimate of drug-likeness (QED) is 0.721. The Morgan fingerprint density at radius 2 is 1.95 bits per heavy atom. The highest BCUT2D eigenvalue weighted by Gasteiger charge is 2.30. The number of nitrogen functional groups attached to an aromatic ring is 1. The van der Waals surface area contributed by atoms with E-state index in [0.717, 1.165) is 12.2 Å². The van der Waals surface area contributed by atoms with Crippen molar-refractivity contribution in [1.29, 1.82) is 0 Å². The molecule has 118 valence electrons. The number of hydrogen-bond donors (Lipinski definition) is 3. The molecule has 1 aromatic carbocycles. The Balaban J connectivity index is 2.08. The van der Waals surface area contributed by atoms with E-state index in [9.17, 15) is 8.42 Å². The van der Waals surface area contributed by atoms with Crippen molar-refractivity contribution in [2.45, 2.75) is 41.7 Å². The minimum atomic E-state index is -3.76. The summed E-state index contributed by atoms with van der Waals surface area (Å²) in [4.78, 5) is -0.0229. The first-order valence-electron chi connectivity index (χ1n) is 7.08. The summed E-state index contributed by atoms with van der Waals surface area (Å²) in [5.74, 6) is 0. The number of hydrogen-bond acceptors (Lipinski definition) is 5. The van der Waals surface area contributed by atoms with Crippen LogP contribution in [0.15, 0.2) is 23.1 Å². The standard InChI is InChI=1S/C14H23N3O2S2/c1-20-14(7-3-2-4-8-14)10-17-11-5-6-13(12(15)9-11)21(16,18)19/h5-6,9,17H,2-4,7-8,10,15H2,1H3,(H2,16,18,19). The van der Waals surface area contributed by atoms with Gasteiger partial charge < -0.3 is 11.1 Å². The fourth-order valence-electron chi connectivity index (χ4n) is 2.83. The van der Waals surface area contributed by atoms with Crippen LogP contribution in [-0.4, -0.2) is 26.0 Å². The highest BCUT2D eigenvalue weighted by molar-refractivity contribution is 8.00. The summed E-state index contributed by atoms with van der Waals surface area (Å²) in [6, 6.07) is 4.81. The Labute approximate surface area is 130 Å². The van der Waals surface area contributed by atoms with Crippen LogP contribution in [0.5, 0.6) is 0 Å². The number of anilines is 2. The van der Waals surface area contributed by atoms with Crippen molar-refractivity contribution in [2.24, 2.45) is 5.14 Å². The van der Waals surface area contributed by atoms with E-state index in [2.05, 4.69) is 11.6 Å². The minimum Gasteiger partial charge on any atom is -0.398 e. The predicted molar refractivity (Wildman–Crippen MR) is 90.0 cm³/mol. The van der Waals surface area contributed by atoms with E-state index in [1.807, 2.05) is 11.8 Å². The van der Waals surface area contributed by atoms with Crippen LogP contribution in [-0.2, 0) is 10.0 Å². The first kappa shape index (κ1) is 16.5. The van der Waals surface area contributed by atoms with Crippen molar-refractivity contribution >= 4 is 33.2 Å². The van der Waals surface area contributed by atoms with Gasteiger partial charge in [-0.15, -0.1) is 0 Å². The summed E-state index contributed by atoms with van der Waals surface area (Å²) in [7, 11) is -3.76. The van der Waals surface area contributed by atoms with Crippen molar-refractivity contribution in [3.63, 3.8) is 0 Å². The average Bonchev–Trinajstić information content (AvgIpc) is 2.45. The average molecular weight is 329 g/mol. The molecule has 0 aliphatic heterocycles. The van der Waals surface area contributed by atoms with E-state index in [-0.39, 0.29) is 15.3 Å². The van der Waals surface area contributed by atoms with E-state index in [1.54, 1.807) is 12.1 Å². The molecule has 0 aromatic heterocycles. The molecule has 0 radical (unpaired) electrons. The number of nitrogens with one attached hydrogen (secondary N) is 1. The molecular formula is C14H23N3O2S2. The Morgan fingerprint density at radius 1 is 1.29 bits per heavy atom. The zero-order valence-electron chi connectivity index (χ0n) is 12.3. The van der Waals surface area contributed by atoms with E-state index >= 15 is 0 Å². The molecule has 1 aliphatic carbocycles. The normalized spacial score (nSPS) is 18.4. The van der Waals surface area contributed by atoms with Gasteiger partial charge in [0.1, 0.15) is 4.90 Å². The monoisotopic (exact) mass is 329 g/mol. The SMILES string of the molecule is CSC1(CNc2ccc(S(N)(=O)=O)c(N)c2)CCCCC1. The molecule has 1 fully saturated rings. The van der Waals surface area contributed by atoms with Crippen LogP contribution in [0.4, 0.5) is 11.4 Å². The first-order valence-corrected chi connectivity index (χ1v) is 9.85. The van der Waals surface area contributed by atoms with Crippen LogP contribution in [0, 0.1) is 0 Å². The molecule has 7 heteroatoms. The lowest BCUT2D eigenvalue weighted by molar-refractivity contribution is 0.411. The van der Waals surface area contributed by atoms with Gasteiger partial charge in [0.2, 0.25) is 10.0 Å². The van der Waals surface area contributed by atoms with E-state index in [1.165, 1.54) is 38.2 Å². The van der Waals surface area contributed by atoms with Crippen LogP contribution in [0.25, 0.3) is 0 Å². The first-order chi connectivity index (χ1) is 9.86. The fourth-order valence-corrected chi connectivity index (χ4v) is 4.39. The number of rotatable bonds is 5. The van der Waals surface area contributed by atoms with Crippen molar-refractivity contribution < 1.29 is 8.42 Å². The van der Waals surface area contributed by atoms with Gasteiger partial charge in [0.15, 0.2) is 0 Å². The summed E-state index contributed by atoms with van der Waals surface area (Å²) >= 11 is 1.91. The zero-order chi connectivity index (χ0) is 15.5. The maximum atomic E-state index is 11.3. The van der Waals surface area contributed by atoms with Crippen LogP contribution in [0.1, 0.15) is 32.1 Å². The lowest BCUT2D eigenvalue weighted by Crippen LogP contribution is -2.35. The summed E-state index contributed by atoms with van der Waals surface area (Å²) in [6.45, 7) is 0.863. The molecular weight excluding hydrogens is 306 g/mol. The highest BCUT2D eigenvalue weighted by atomic mass is 32.2. The number of benzene rings is 1. The maximum Gasteiger partial charge on any atom is 0.240 e. The smallest absolute Gasteiger partial charge is 0.240 e. The molecule has 0 amide bonds. The van der Waals surface area contributed by atoms with Crippen LogP contribution in [0.3, 0.4) is 0 Å². The highest BCUT2D eigenvalue weighted by Crippen LogP contribution is 2.38. The largest absolute Gasteiger partial charge is 0.398 e. The van der Waals surface area contributed by atoms with Crippen LogP contribution < -0.4 is 16.2 Å². The second-order valence-electron chi connectivity index (χ2n) is 5.60. The molecule has 1 saturated carbocycles. The molecule has 0 spiro atoms. The second-order valence-corrected chi connectivity index (χ2v) is 8.40. The van der Waals surface area contributed by atoms with Crippen molar-refractivity contribution in [2.75, 3.05) is 23.9 Å². The summed E-state index contributed by atoms with van der Waals surface area (Å²) in [6.07, 6.45) is 8.45. The van der Waals surface area contributed by atoms with Gasteiger partial charge in [0, 0.05) is 17.0 Å². The summed E-state index contributed by atoms with van der Waals surface area (Å²) in [5, 5.41) is 8.50. The Kier molecular flexibility index (Phi) is 5.06. The summed E-state index contributed by atoms with van der Waals surface area (Å²) in [5.41, 5.74) is 6.79. The van der Waals surface area contributed by atoms with Crippen molar-refractivity contribution in [3.8, 4) is 0 Å². The van der Waals surface area contributed by atoms with Gasteiger partial charge in [-0.2, -0.15) is 11.8 Å². The third kappa shape index (κ3) is 4.05. The topological polar surface area (TPSA) is 98.2 Å². The van der Waals surface area contributed by atoms with Crippen molar-refractivity contribution in [1.82, 2.24) is 0 Å². The number of primary sulfonamides is 1. The van der Waals surface area contributed by atoms with Gasteiger partial charge in [0.05, 0.1) is 5.69 Å². The third-order valence-electron chi connectivity index (χ3n) is 4.13. The van der Waals surface area contributed by atoms with Crippen LogP contribution in [0.2, 0.25) is 0 Å². The van der Waals surface area contributed by atoms with Crippen molar-refractivity contribution in [3.05, 3.63) is 18.2 Å². The number of thioether (sulfide) groups is 1. The fraction of sp³-hybridized carbons (Fsp3) is 0.571.